The summed E-state index contributed by atoms with van der Waals surface area (Å²) in [4.78, 5) is 0. The summed E-state index contributed by atoms with van der Waals surface area (Å²) >= 11 is 1.83. The maximum Gasteiger partial charge on any atom is 0.0545 e. The molecule has 0 bridgehead atoms. The van der Waals surface area contributed by atoms with E-state index in [9.17, 15) is 0 Å². The molecule has 0 spiro atoms. The van der Waals surface area contributed by atoms with Crippen LogP contribution in [0.25, 0.3) is 0 Å². The van der Waals surface area contributed by atoms with Gasteiger partial charge < -0.3 is 5.32 Å². The Balaban J connectivity index is 1.83. The van der Waals surface area contributed by atoms with Crippen molar-refractivity contribution in [3.63, 3.8) is 0 Å². The van der Waals surface area contributed by atoms with Crippen molar-refractivity contribution >= 4 is 11.8 Å². The molecule has 0 aromatic rings. The number of rotatable bonds is 7. The van der Waals surface area contributed by atoms with E-state index in [1.54, 1.807) is 0 Å². The zero-order chi connectivity index (χ0) is 9.52. The topological polar surface area (TPSA) is 12.0 Å². The van der Waals surface area contributed by atoms with Gasteiger partial charge in [-0.15, -0.1) is 18.2 Å². The molecule has 0 aromatic heterocycles. The molecule has 0 saturated heterocycles. The fourth-order valence-corrected chi connectivity index (χ4v) is 1.97. The molecule has 1 aliphatic rings. The molecule has 1 nitrogen and oxygen atoms in total. The van der Waals surface area contributed by atoms with Gasteiger partial charge in [0.25, 0.3) is 0 Å². The summed E-state index contributed by atoms with van der Waals surface area (Å²) in [5, 5.41) is 3.52. The number of hydrogen-bond acceptors (Lipinski definition) is 2. The summed E-state index contributed by atoms with van der Waals surface area (Å²) in [6.45, 7) is 3.38. The maximum absolute atomic E-state index is 5.15. The average molecular weight is 197 g/mol. The molecule has 1 N–H and O–H groups in total. The molecular formula is C11H19NS. The Morgan fingerprint density at radius 1 is 1.62 bits per heavy atom. The van der Waals surface area contributed by atoms with Crippen molar-refractivity contribution in [2.24, 2.45) is 5.92 Å². The van der Waals surface area contributed by atoms with Crippen LogP contribution in [0.15, 0.2) is 0 Å². The largest absolute Gasteiger partial charge is 0.313 e. The molecule has 0 heterocycles. The lowest BCUT2D eigenvalue weighted by atomic mass is 10.2. The van der Waals surface area contributed by atoms with Gasteiger partial charge in [-0.2, -0.15) is 0 Å². The smallest absolute Gasteiger partial charge is 0.0545 e. The molecule has 0 aromatic carbocycles. The van der Waals surface area contributed by atoms with E-state index in [4.69, 9.17) is 6.42 Å². The standard InChI is InChI=1S/C11H19NS/c1-3-7-13-8-6-12-10(2)9-11-4-5-11/h1,10-12H,4-9H2,2H3. The fourth-order valence-electron chi connectivity index (χ4n) is 1.45. The lowest BCUT2D eigenvalue weighted by Crippen LogP contribution is -2.28. The van der Waals surface area contributed by atoms with Crippen LogP contribution in [-0.2, 0) is 0 Å². The van der Waals surface area contributed by atoms with Gasteiger partial charge in [0.2, 0.25) is 0 Å². The minimum absolute atomic E-state index is 0.693. The molecule has 1 unspecified atom stereocenters. The highest BCUT2D eigenvalue weighted by atomic mass is 32.2. The Hall–Kier alpha value is -0.130. The fraction of sp³-hybridized carbons (Fsp3) is 0.818. The molecule has 0 aliphatic heterocycles. The van der Waals surface area contributed by atoms with Crippen LogP contribution >= 0.6 is 11.8 Å². The van der Waals surface area contributed by atoms with Gasteiger partial charge in [-0.1, -0.05) is 18.8 Å². The van der Waals surface area contributed by atoms with Crippen molar-refractivity contribution in [1.29, 1.82) is 0 Å². The van der Waals surface area contributed by atoms with Crippen LogP contribution in [0.5, 0.6) is 0 Å². The minimum Gasteiger partial charge on any atom is -0.313 e. The van der Waals surface area contributed by atoms with Gasteiger partial charge in [0.1, 0.15) is 0 Å². The molecule has 1 aliphatic carbocycles. The summed E-state index contributed by atoms with van der Waals surface area (Å²) in [5.74, 6) is 5.65. The molecule has 1 saturated carbocycles. The van der Waals surface area contributed by atoms with Gasteiger partial charge in [0, 0.05) is 18.3 Å². The van der Waals surface area contributed by atoms with E-state index in [1.807, 2.05) is 11.8 Å². The number of hydrogen-bond donors (Lipinski definition) is 1. The van der Waals surface area contributed by atoms with Crippen LogP contribution in [0.1, 0.15) is 26.2 Å². The van der Waals surface area contributed by atoms with Gasteiger partial charge >= 0.3 is 0 Å². The molecule has 1 atom stereocenters. The van der Waals surface area contributed by atoms with Crippen molar-refractivity contribution in [1.82, 2.24) is 5.32 Å². The maximum atomic E-state index is 5.15. The van der Waals surface area contributed by atoms with Crippen LogP contribution in [0, 0.1) is 18.3 Å². The molecule has 74 valence electrons. The highest BCUT2D eigenvalue weighted by Gasteiger charge is 2.22. The third-order valence-electron chi connectivity index (χ3n) is 2.31. The van der Waals surface area contributed by atoms with E-state index >= 15 is 0 Å². The Morgan fingerprint density at radius 3 is 3.00 bits per heavy atom. The lowest BCUT2D eigenvalue weighted by molar-refractivity contribution is 0.503. The molecule has 0 radical (unpaired) electrons. The van der Waals surface area contributed by atoms with Gasteiger partial charge in [-0.05, 0) is 19.3 Å². The lowest BCUT2D eigenvalue weighted by Gasteiger charge is -2.12. The van der Waals surface area contributed by atoms with Crippen LogP contribution in [-0.4, -0.2) is 24.1 Å². The van der Waals surface area contributed by atoms with Crippen LogP contribution < -0.4 is 5.32 Å². The summed E-state index contributed by atoms with van der Waals surface area (Å²) in [7, 11) is 0. The first-order valence-corrected chi connectivity index (χ1v) is 6.23. The molecule has 13 heavy (non-hydrogen) atoms. The van der Waals surface area contributed by atoms with Gasteiger partial charge in [0.05, 0.1) is 5.75 Å². The van der Waals surface area contributed by atoms with Gasteiger partial charge in [0.15, 0.2) is 0 Å². The number of thioether (sulfide) groups is 1. The highest BCUT2D eigenvalue weighted by Crippen LogP contribution is 2.33. The van der Waals surface area contributed by atoms with E-state index in [0.717, 1.165) is 24.0 Å². The van der Waals surface area contributed by atoms with E-state index in [1.165, 1.54) is 19.3 Å². The molecule has 2 heteroatoms. The summed E-state index contributed by atoms with van der Waals surface area (Å²) < 4.78 is 0. The van der Waals surface area contributed by atoms with Gasteiger partial charge in [-0.3, -0.25) is 0 Å². The van der Waals surface area contributed by atoms with Crippen molar-refractivity contribution in [2.75, 3.05) is 18.1 Å². The van der Waals surface area contributed by atoms with Crippen molar-refractivity contribution in [3.8, 4) is 12.3 Å². The third-order valence-corrected chi connectivity index (χ3v) is 3.17. The van der Waals surface area contributed by atoms with Crippen molar-refractivity contribution in [2.45, 2.75) is 32.2 Å². The van der Waals surface area contributed by atoms with E-state index in [-0.39, 0.29) is 0 Å². The van der Waals surface area contributed by atoms with Crippen molar-refractivity contribution < 1.29 is 0 Å². The van der Waals surface area contributed by atoms with Crippen LogP contribution in [0.4, 0.5) is 0 Å². The average Bonchev–Trinajstić information content (AvgIpc) is 2.88. The first kappa shape index (κ1) is 10.9. The first-order chi connectivity index (χ1) is 6.33. The highest BCUT2D eigenvalue weighted by molar-refractivity contribution is 7.99. The molecule has 0 amide bonds. The van der Waals surface area contributed by atoms with E-state index in [2.05, 4.69) is 18.2 Å². The molecular weight excluding hydrogens is 178 g/mol. The summed E-state index contributed by atoms with van der Waals surface area (Å²) in [5.41, 5.74) is 0. The zero-order valence-electron chi connectivity index (χ0n) is 8.38. The summed E-state index contributed by atoms with van der Waals surface area (Å²) in [6.07, 6.45) is 9.43. The van der Waals surface area contributed by atoms with Crippen molar-refractivity contribution in [3.05, 3.63) is 0 Å². The second kappa shape index (κ2) is 6.34. The second-order valence-corrected chi connectivity index (χ2v) is 4.90. The third kappa shape index (κ3) is 6.01. The number of terminal acetylenes is 1. The molecule has 1 fully saturated rings. The van der Waals surface area contributed by atoms with Crippen LogP contribution in [0.3, 0.4) is 0 Å². The predicted octanol–water partition coefficient (Wildman–Crippen LogP) is 2.13. The predicted molar refractivity (Wildman–Crippen MR) is 61.0 cm³/mol. The zero-order valence-corrected chi connectivity index (χ0v) is 9.20. The second-order valence-electron chi connectivity index (χ2n) is 3.79. The Bertz CT molecular complexity index is 169. The molecule has 1 rings (SSSR count). The summed E-state index contributed by atoms with van der Waals surface area (Å²) in [6, 6.07) is 0.693. The first-order valence-electron chi connectivity index (χ1n) is 5.07. The Kier molecular flexibility index (Phi) is 5.34. The SMILES string of the molecule is C#CCSCCNC(C)CC1CC1. The van der Waals surface area contributed by atoms with E-state index in [0.29, 0.717) is 6.04 Å². The number of nitrogens with one attached hydrogen (secondary N) is 1. The Morgan fingerprint density at radius 2 is 2.38 bits per heavy atom. The van der Waals surface area contributed by atoms with Gasteiger partial charge in [-0.25, -0.2) is 0 Å². The van der Waals surface area contributed by atoms with Crippen LogP contribution in [0.2, 0.25) is 0 Å². The Labute approximate surface area is 86.1 Å². The monoisotopic (exact) mass is 197 g/mol. The minimum atomic E-state index is 0.693. The van der Waals surface area contributed by atoms with E-state index < -0.39 is 0 Å². The quantitative estimate of drug-likeness (QED) is 0.496. The normalized spacial score (nSPS) is 18.2.